The molecule has 0 aliphatic rings. The first kappa shape index (κ1) is 40.4. The summed E-state index contributed by atoms with van der Waals surface area (Å²) in [6.45, 7) is 12.0. The molecule has 1 aromatic carbocycles. The van der Waals surface area contributed by atoms with Crippen molar-refractivity contribution < 1.29 is 52.2 Å². The summed E-state index contributed by atoms with van der Waals surface area (Å²) < 4.78 is 54.0. The molecule has 0 heterocycles. The number of alkyl halides is 1. The Labute approximate surface area is 268 Å². The lowest BCUT2D eigenvalue weighted by Gasteiger charge is -2.09. The molecular weight excluding hydrogens is 598 g/mol. The summed E-state index contributed by atoms with van der Waals surface area (Å²) in [6, 6.07) is 7.29. The second-order valence-electron chi connectivity index (χ2n) is 9.19. The molecule has 44 heavy (non-hydrogen) atoms. The van der Waals surface area contributed by atoms with Crippen LogP contribution in [-0.2, 0) is 47.4 Å². The standard InChI is InChI=1S/C31H54ClNO11/c1-2-3-9-33-30-6-4-29(5-7-30)31(34)44-28-27-43-26-25-42-24-23-41-22-21-40-20-19-39-18-17-38-16-15-37-14-13-36-12-11-35-10-8-32/h4-7,33H,2-3,8-28H2,1H3. The van der Waals surface area contributed by atoms with Gasteiger partial charge in [-0.25, -0.2) is 4.79 Å². The van der Waals surface area contributed by atoms with E-state index in [4.69, 9.17) is 59.0 Å². The third-order valence-electron chi connectivity index (χ3n) is 5.64. The minimum Gasteiger partial charge on any atom is -0.460 e. The summed E-state index contributed by atoms with van der Waals surface area (Å²) in [5.41, 5.74) is 1.52. The Morgan fingerprint density at radius 3 is 1.23 bits per heavy atom. The monoisotopic (exact) mass is 651 g/mol. The van der Waals surface area contributed by atoms with E-state index in [2.05, 4.69) is 12.2 Å². The Morgan fingerprint density at radius 1 is 0.545 bits per heavy atom. The number of ether oxygens (including phenoxy) is 10. The van der Waals surface area contributed by atoms with Gasteiger partial charge in [0.05, 0.1) is 124 Å². The quantitative estimate of drug-likeness (QED) is 0.0667. The van der Waals surface area contributed by atoms with Crippen LogP contribution in [0.3, 0.4) is 0 Å². The minimum atomic E-state index is -0.360. The number of hydrogen-bond donors (Lipinski definition) is 1. The molecule has 0 amide bonds. The van der Waals surface area contributed by atoms with Crippen LogP contribution in [-0.4, -0.2) is 144 Å². The van der Waals surface area contributed by atoms with Crippen LogP contribution in [0.5, 0.6) is 0 Å². The van der Waals surface area contributed by atoms with Crippen LogP contribution in [0.1, 0.15) is 30.1 Å². The number of halogens is 1. The van der Waals surface area contributed by atoms with Crippen LogP contribution in [0.4, 0.5) is 5.69 Å². The Balaban J connectivity index is 1.72. The maximum absolute atomic E-state index is 12.1. The summed E-state index contributed by atoms with van der Waals surface area (Å²) >= 11 is 5.51. The lowest BCUT2D eigenvalue weighted by atomic mass is 10.2. The van der Waals surface area contributed by atoms with Gasteiger partial charge in [-0.15, -0.1) is 11.6 Å². The largest absolute Gasteiger partial charge is 0.460 e. The first-order valence-electron chi connectivity index (χ1n) is 15.5. The molecule has 1 N–H and O–H groups in total. The molecule has 0 aliphatic carbocycles. The molecule has 12 nitrogen and oxygen atoms in total. The van der Waals surface area contributed by atoms with Gasteiger partial charge in [0.15, 0.2) is 0 Å². The Hall–Kier alpha value is -1.58. The van der Waals surface area contributed by atoms with Crippen molar-refractivity contribution in [3.8, 4) is 0 Å². The van der Waals surface area contributed by atoms with E-state index in [1.54, 1.807) is 12.1 Å². The third-order valence-corrected chi connectivity index (χ3v) is 5.79. The van der Waals surface area contributed by atoms with Gasteiger partial charge >= 0.3 is 5.97 Å². The first-order valence-corrected chi connectivity index (χ1v) is 16.1. The molecule has 0 aromatic heterocycles. The average molecular weight is 652 g/mol. The SMILES string of the molecule is CCCCNc1ccc(C(=O)OCCOCCOCCOCCOCCOCCOCCOCCOCCOCCCl)cc1. The number of rotatable bonds is 34. The molecule has 0 bridgehead atoms. The zero-order valence-corrected chi connectivity index (χ0v) is 27.2. The van der Waals surface area contributed by atoms with E-state index in [0.717, 1.165) is 25.1 Å². The zero-order valence-electron chi connectivity index (χ0n) is 26.4. The van der Waals surface area contributed by atoms with E-state index in [0.29, 0.717) is 130 Å². The highest BCUT2D eigenvalue weighted by Gasteiger charge is 2.06. The Bertz CT molecular complexity index is 746. The van der Waals surface area contributed by atoms with Gasteiger partial charge in [-0.3, -0.25) is 0 Å². The predicted octanol–water partition coefficient (Wildman–Crippen LogP) is 3.44. The van der Waals surface area contributed by atoms with E-state index in [1.165, 1.54) is 0 Å². The van der Waals surface area contributed by atoms with Gasteiger partial charge in [0.1, 0.15) is 6.61 Å². The fraction of sp³-hybridized carbons (Fsp3) is 0.774. The van der Waals surface area contributed by atoms with E-state index in [9.17, 15) is 4.79 Å². The molecule has 0 atom stereocenters. The Morgan fingerprint density at radius 2 is 0.886 bits per heavy atom. The molecule has 0 saturated heterocycles. The van der Waals surface area contributed by atoms with Crippen molar-refractivity contribution in [3.63, 3.8) is 0 Å². The second kappa shape index (κ2) is 32.8. The van der Waals surface area contributed by atoms with Crippen LogP contribution in [0, 0.1) is 0 Å². The first-order chi connectivity index (χ1) is 21.8. The number of anilines is 1. The maximum atomic E-state index is 12.1. The van der Waals surface area contributed by atoms with E-state index in [1.807, 2.05) is 12.1 Å². The molecule has 0 fully saturated rings. The van der Waals surface area contributed by atoms with Crippen LogP contribution in [0.25, 0.3) is 0 Å². The highest BCUT2D eigenvalue weighted by atomic mass is 35.5. The van der Waals surface area contributed by atoms with Gasteiger partial charge in [0.2, 0.25) is 0 Å². The molecule has 1 rings (SSSR count). The second-order valence-corrected chi connectivity index (χ2v) is 9.57. The number of carbonyl (C=O) groups excluding carboxylic acids is 1. The van der Waals surface area contributed by atoms with Crippen molar-refractivity contribution in [1.82, 2.24) is 0 Å². The molecular formula is C31H54ClNO11. The number of nitrogens with one attached hydrogen (secondary N) is 1. The Kier molecular flexibility index (Phi) is 30.2. The van der Waals surface area contributed by atoms with Crippen molar-refractivity contribution in [2.45, 2.75) is 19.8 Å². The van der Waals surface area contributed by atoms with Gasteiger partial charge in [0, 0.05) is 18.1 Å². The van der Waals surface area contributed by atoms with Gasteiger partial charge < -0.3 is 52.7 Å². The van der Waals surface area contributed by atoms with Crippen molar-refractivity contribution in [2.24, 2.45) is 0 Å². The smallest absolute Gasteiger partial charge is 0.338 e. The minimum absolute atomic E-state index is 0.192. The number of benzene rings is 1. The molecule has 0 spiro atoms. The van der Waals surface area contributed by atoms with Crippen LogP contribution in [0.2, 0.25) is 0 Å². The lowest BCUT2D eigenvalue weighted by molar-refractivity contribution is -0.0257. The van der Waals surface area contributed by atoms with Crippen molar-refractivity contribution >= 4 is 23.3 Å². The average Bonchev–Trinajstić information content (AvgIpc) is 3.04. The molecule has 0 radical (unpaired) electrons. The van der Waals surface area contributed by atoms with Crippen LogP contribution >= 0.6 is 11.6 Å². The number of esters is 1. The van der Waals surface area contributed by atoms with Gasteiger partial charge in [-0.2, -0.15) is 0 Å². The van der Waals surface area contributed by atoms with E-state index < -0.39 is 0 Å². The molecule has 0 saturated carbocycles. The highest BCUT2D eigenvalue weighted by Crippen LogP contribution is 2.10. The zero-order chi connectivity index (χ0) is 31.6. The van der Waals surface area contributed by atoms with E-state index >= 15 is 0 Å². The van der Waals surface area contributed by atoms with Crippen molar-refractivity contribution in [3.05, 3.63) is 29.8 Å². The molecule has 13 heteroatoms. The number of unbranched alkanes of at least 4 members (excludes halogenated alkanes) is 1. The summed E-state index contributed by atoms with van der Waals surface area (Å²) in [7, 11) is 0. The highest BCUT2D eigenvalue weighted by molar-refractivity contribution is 6.17. The van der Waals surface area contributed by atoms with Crippen LogP contribution in [0.15, 0.2) is 24.3 Å². The van der Waals surface area contributed by atoms with E-state index in [-0.39, 0.29) is 12.6 Å². The lowest BCUT2D eigenvalue weighted by Crippen LogP contribution is -2.15. The van der Waals surface area contributed by atoms with Crippen LogP contribution < -0.4 is 5.32 Å². The van der Waals surface area contributed by atoms with Gasteiger partial charge in [-0.05, 0) is 30.7 Å². The number of carbonyl (C=O) groups is 1. The molecule has 0 unspecified atom stereocenters. The third kappa shape index (κ3) is 26.8. The summed E-state index contributed by atoms with van der Waals surface area (Å²) in [4.78, 5) is 12.1. The normalized spacial score (nSPS) is 11.2. The fourth-order valence-electron chi connectivity index (χ4n) is 3.33. The van der Waals surface area contributed by atoms with Gasteiger partial charge in [-0.1, -0.05) is 13.3 Å². The van der Waals surface area contributed by atoms with Crippen molar-refractivity contribution in [1.29, 1.82) is 0 Å². The molecule has 1 aromatic rings. The maximum Gasteiger partial charge on any atom is 0.338 e. The fourth-order valence-corrected chi connectivity index (χ4v) is 3.44. The van der Waals surface area contributed by atoms with Gasteiger partial charge in [0.25, 0.3) is 0 Å². The predicted molar refractivity (Wildman–Crippen MR) is 168 cm³/mol. The van der Waals surface area contributed by atoms with Crippen molar-refractivity contribution in [2.75, 3.05) is 143 Å². The summed E-state index contributed by atoms with van der Waals surface area (Å²) in [6.07, 6.45) is 2.25. The number of hydrogen-bond acceptors (Lipinski definition) is 12. The summed E-state index contributed by atoms with van der Waals surface area (Å²) in [5, 5.41) is 3.32. The molecule has 0 aliphatic heterocycles. The topological polar surface area (TPSA) is 121 Å². The summed E-state index contributed by atoms with van der Waals surface area (Å²) in [5.74, 6) is 0.134. The molecule has 256 valence electrons.